The van der Waals surface area contributed by atoms with Gasteiger partial charge in [-0.3, -0.25) is 0 Å². The van der Waals surface area contributed by atoms with Crippen LogP contribution in [0.1, 0.15) is 62.5 Å². The Morgan fingerprint density at radius 3 is 2.21 bits per heavy atom. The minimum atomic E-state index is -4.51. The zero-order chi connectivity index (χ0) is 21.0. The van der Waals surface area contributed by atoms with Crippen molar-refractivity contribution in [3.05, 3.63) is 64.4 Å². The minimum absolute atomic E-state index is 0.0129. The van der Waals surface area contributed by atoms with Gasteiger partial charge in [-0.25, -0.2) is 4.39 Å². The number of benzene rings is 2. The highest BCUT2D eigenvalue weighted by Gasteiger charge is 2.23. The van der Waals surface area contributed by atoms with Gasteiger partial charge in [0.2, 0.25) is 0 Å². The predicted octanol–water partition coefficient (Wildman–Crippen LogP) is 8.80. The van der Waals surface area contributed by atoms with Gasteiger partial charge in [-0.15, -0.1) is 0 Å². The predicted molar refractivity (Wildman–Crippen MR) is 112 cm³/mol. The number of hydrogen-bond donors (Lipinski definition) is 0. The van der Waals surface area contributed by atoms with Crippen molar-refractivity contribution in [2.75, 3.05) is 0 Å². The first-order valence-electron chi connectivity index (χ1n) is 10.1. The van der Waals surface area contributed by atoms with E-state index < -0.39 is 12.0 Å². The SMILES string of the molecule is CCCC1CCC(c2ccc(-c3cc(F)c(/C=C/C(F)(F)F)c(Cl)c3)cc2)CC1. The Labute approximate surface area is 174 Å². The molecule has 0 amide bonds. The lowest BCUT2D eigenvalue weighted by Crippen LogP contribution is -2.13. The van der Waals surface area contributed by atoms with E-state index in [1.165, 1.54) is 56.2 Å². The van der Waals surface area contributed by atoms with Crippen molar-refractivity contribution in [3.63, 3.8) is 0 Å². The first-order chi connectivity index (χ1) is 13.8. The summed E-state index contributed by atoms with van der Waals surface area (Å²) in [5.41, 5.74) is 2.38. The zero-order valence-electron chi connectivity index (χ0n) is 16.4. The number of allylic oxidation sites excluding steroid dienone is 1. The van der Waals surface area contributed by atoms with E-state index >= 15 is 0 Å². The Morgan fingerprint density at radius 1 is 1.00 bits per heavy atom. The van der Waals surface area contributed by atoms with E-state index in [0.717, 1.165) is 11.5 Å². The molecule has 0 spiro atoms. The monoisotopic (exact) mass is 424 g/mol. The van der Waals surface area contributed by atoms with Crippen LogP contribution in [0.4, 0.5) is 17.6 Å². The van der Waals surface area contributed by atoms with E-state index in [2.05, 4.69) is 19.1 Å². The summed E-state index contributed by atoms with van der Waals surface area (Å²) >= 11 is 6.05. The Balaban J connectivity index is 1.74. The summed E-state index contributed by atoms with van der Waals surface area (Å²) in [5, 5.41) is -0.0428. The van der Waals surface area contributed by atoms with E-state index in [1.807, 2.05) is 12.1 Å². The summed E-state index contributed by atoms with van der Waals surface area (Å²) < 4.78 is 51.4. The molecule has 0 aromatic heterocycles. The van der Waals surface area contributed by atoms with E-state index in [-0.39, 0.29) is 16.7 Å². The average molecular weight is 425 g/mol. The lowest BCUT2D eigenvalue weighted by Gasteiger charge is -2.28. The van der Waals surface area contributed by atoms with Gasteiger partial charge in [0, 0.05) is 11.6 Å². The van der Waals surface area contributed by atoms with Crippen molar-refractivity contribution >= 4 is 17.7 Å². The molecule has 5 heteroatoms. The van der Waals surface area contributed by atoms with Crippen LogP contribution >= 0.6 is 11.6 Å². The van der Waals surface area contributed by atoms with Gasteiger partial charge in [0.25, 0.3) is 0 Å². The number of alkyl halides is 3. The Kier molecular flexibility index (Phi) is 7.05. The lowest BCUT2D eigenvalue weighted by atomic mass is 9.77. The standard InChI is InChI=1S/C24H25ClF4/c1-2-3-16-4-6-17(7-5-16)18-8-10-19(11-9-18)20-14-22(25)21(23(26)15-20)12-13-24(27,28)29/h8-17H,2-7H2,1H3/b13-12+. The maximum atomic E-state index is 14.3. The zero-order valence-corrected chi connectivity index (χ0v) is 17.2. The van der Waals surface area contributed by atoms with Crippen LogP contribution in [0, 0.1) is 11.7 Å². The first kappa shape index (κ1) is 21.9. The molecular formula is C24H25ClF4. The molecule has 3 rings (SSSR count). The first-order valence-corrected chi connectivity index (χ1v) is 10.5. The molecule has 2 aromatic rings. The number of rotatable bonds is 5. The van der Waals surface area contributed by atoms with Crippen molar-refractivity contribution in [3.8, 4) is 11.1 Å². The Hall–Kier alpha value is -1.81. The van der Waals surface area contributed by atoms with Crippen molar-refractivity contribution in [2.24, 2.45) is 5.92 Å². The Morgan fingerprint density at radius 2 is 1.66 bits per heavy atom. The van der Waals surface area contributed by atoms with Crippen LogP contribution in [0.25, 0.3) is 17.2 Å². The van der Waals surface area contributed by atoms with Crippen LogP contribution in [-0.2, 0) is 0 Å². The average Bonchev–Trinajstić information content (AvgIpc) is 2.67. The highest BCUT2D eigenvalue weighted by atomic mass is 35.5. The quantitative estimate of drug-likeness (QED) is 0.420. The summed E-state index contributed by atoms with van der Waals surface area (Å²) in [6, 6.07) is 10.7. The molecule has 0 nitrogen and oxygen atoms in total. The molecule has 1 saturated carbocycles. The van der Waals surface area contributed by atoms with Gasteiger partial charge in [0.05, 0.1) is 5.02 Å². The molecule has 0 saturated heterocycles. The van der Waals surface area contributed by atoms with Gasteiger partial charge < -0.3 is 0 Å². The van der Waals surface area contributed by atoms with Crippen LogP contribution in [0.5, 0.6) is 0 Å². The molecular weight excluding hydrogens is 400 g/mol. The van der Waals surface area contributed by atoms with Crippen LogP contribution in [0.2, 0.25) is 5.02 Å². The molecule has 0 heterocycles. The molecule has 1 aliphatic rings. The third-order valence-corrected chi connectivity index (χ3v) is 6.09. The fourth-order valence-corrected chi connectivity index (χ4v) is 4.50. The van der Waals surface area contributed by atoms with Crippen LogP contribution < -0.4 is 0 Å². The molecule has 0 N–H and O–H groups in total. The van der Waals surface area contributed by atoms with E-state index in [9.17, 15) is 17.6 Å². The molecule has 2 aromatic carbocycles. The van der Waals surface area contributed by atoms with E-state index in [1.54, 1.807) is 0 Å². The summed E-state index contributed by atoms with van der Waals surface area (Å²) in [4.78, 5) is 0. The molecule has 0 bridgehead atoms. The smallest absolute Gasteiger partial charge is 0.206 e. The fourth-order valence-electron chi connectivity index (χ4n) is 4.23. The fraction of sp³-hybridized carbons (Fsp3) is 0.417. The summed E-state index contributed by atoms with van der Waals surface area (Å²) in [6.45, 7) is 2.24. The third kappa shape index (κ3) is 5.85. The highest BCUT2D eigenvalue weighted by molar-refractivity contribution is 6.32. The summed E-state index contributed by atoms with van der Waals surface area (Å²) in [7, 11) is 0. The second-order valence-electron chi connectivity index (χ2n) is 7.86. The molecule has 1 aliphatic carbocycles. The molecule has 1 fully saturated rings. The van der Waals surface area contributed by atoms with Crippen molar-refractivity contribution in [1.29, 1.82) is 0 Å². The molecule has 0 aliphatic heterocycles. The largest absolute Gasteiger partial charge is 0.409 e. The second kappa shape index (κ2) is 9.34. The number of halogens is 5. The molecule has 0 atom stereocenters. The highest BCUT2D eigenvalue weighted by Crippen LogP contribution is 2.38. The van der Waals surface area contributed by atoms with E-state index in [4.69, 9.17) is 11.6 Å². The molecule has 29 heavy (non-hydrogen) atoms. The topological polar surface area (TPSA) is 0 Å². The second-order valence-corrected chi connectivity index (χ2v) is 8.26. The minimum Gasteiger partial charge on any atom is -0.206 e. The van der Waals surface area contributed by atoms with E-state index in [0.29, 0.717) is 17.6 Å². The van der Waals surface area contributed by atoms with Crippen molar-refractivity contribution in [1.82, 2.24) is 0 Å². The van der Waals surface area contributed by atoms with Gasteiger partial charge in [-0.05, 0) is 72.4 Å². The van der Waals surface area contributed by atoms with Crippen molar-refractivity contribution < 1.29 is 17.6 Å². The third-order valence-electron chi connectivity index (χ3n) is 5.78. The number of hydrogen-bond acceptors (Lipinski definition) is 0. The van der Waals surface area contributed by atoms with Gasteiger partial charge in [0.1, 0.15) is 5.82 Å². The normalized spacial score (nSPS) is 20.3. The molecule has 0 radical (unpaired) electrons. The lowest BCUT2D eigenvalue weighted by molar-refractivity contribution is -0.0790. The van der Waals surface area contributed by atoms with Crippen molar-refractivity contribution in [2.45, 2.75) is 57.5 Å². The van der Waals surface area contributed by atoms with Crippen LogP contribution in [-0.4, -0.2) is 6.18 Å². The maximum Gasteiger partial charge on any atom is 0.409 e. The van der Waals surface area contributed by atoms with Crippen LogP contribution in [0.3, 0.4) is 0 Å². The summed E-state index contributed by atoms with van der Waals surface area (Å²) in [5.74, 6) is 0.643. The maximum absolute atomic E-state index is 14.3. The van der Waals surface area contributed by atoms with Gasteiger partial charge >= 0.3 is 6.18 Å². The van der Waals surface area contributed by atoms with Crippen LogP contribution in [0.15, 0.2) is 42.5 Å². The summed E-state index contributed by atoms with van der Waals surface area (Å²) in [6.07, 6.45) is 3.64. The van der Waals surface area contributed by atoms with Gasteiger partial charge in [-0.2, -0.15) is 13.2 Å². The Bertz CT molecular complexity index is 821. The molecule has 156 valence electrons. The van der Waals surface area contributed by atoms with Gasteiger partial charge in [-0.1, -0.05) is 55.6 Å². The van der Waals surface area contributed by atoms with Gasteiger partial charge in [0.15, 0.2) is 0 Å². The molecule has 0 unspecified atom stereocenters.